The van der Waals surface area contributed by atoms with Crippen molar-refractivity contribution in [2.45, 2.75) is 17.7 Å². The lowest BCUT2D eigenvalue weighted by molar-refractivity contribution is -0.144. The van der Waals surface area contributed by atoms with Gasteiger partial charge in [0.2, 0.25) is 5.91 Å². The van der Waals surface area contributed by atoms with Gasteiger partial charge in [-0.15, -0.1) is 11.8 Å². The molecule has 1 amide bonds. The molecule has 0 saturated carbocycles. The van der Waals surface area contributed by atoms with Gasteiger partial charge >= 0.3 is 5.97 Å². The van der Waals surface area contributed by atoms with E-state index >= 15 is 0 Å². The normalized spacial score (nSPS) is 26.5. The molecule has 0 aromatic rings. The van der Waals surface area contributed by atoms with E-state index in [-0.39, 0.29) is 17.6 Å². The highest BCUT2D eigenvalue weighted by Gasteiger charge is 2.32. The number of thioether (sulfide) groups is 1. The van der Waals surface area contributed by atoms with Gasteiger partial charge < -0.3 is 14.8 Å². The van der Waals surface area contributed by atoms with Crippen molar-refractivity contribution < 1.29 is 19.1 Å². The average Bonchev–Trinajstić information content (AvgIpc) is 2.20. The molecule has 1 heterocycles. The molecular formula is C8H11NO4S. The summed E-state index contributed by atoms with van der Waals surface area (Å²) in [6.45, 7) is 0. The third-order valence-corrected chi connectivity index (χ3v) is 3.20. The smallest absolute Gasteiger partial charge is 0.329 e. The summed E-state index contributed by atoms with van der Waals surface area (Å²) in [5.41, 5.74) is 0. The van der Waals surface area contributed by atoms with Gasteiger partial charge in [-0.1, -0.05) is 0 Å². The Morgan fingerprint density at radius 1 is 1.79 bits per heavy atom. The summed E-state index contributed by atoms with van der Waals surface area (Å²) >= 11 is 1.30. The van der Waals surface area contributed by atoms with Crippen LogP contribution in [0.25, 0.3) is 0 Å². The molecule has 14 heavy (non-hydrogen) atoms. The van der Waals surface area contributed by atoms with Crippen LogP contribution in [0.4, 0.5) is 0 Å². The van der Waals surface area contributed by atoms with E-state index in [9.17, 15) is 14.4 Å². The van der Waals surface area contributed by atoms with Gasteiger partial charge in [-0.05, 0) is 0 Å². The number of amides is 1. The Morgan fingerprint density at radius 2 is 2.50 bits per heavy atom. The van der Waals surface area contributed by atoms with Crippen LogP contribution in [-0.4, -0.2) is 42.3 Å². The van der Waals surface area contributed by atoms with Gasteiger partial charge in [-0.25, -0.2) is 4.79 Å². The monoisotopic (exact) mass is 217 g/mol. The van der Waals surface area contributed by atoms with E-state index in [0.29, 0.717) is 12.0 Å². The minimum absolute atomic E-state index is 0.185. The zero-order chi connectivity index (χ0) is 10.6. The second kappa shape index (κ2) is 4.99. The van der Waals surface area contributed by atoms with E-state index in [1.54, 1.807) is 0 Å². The van der Waals surface area contributed by atoms with Gasteiger partial charge in [0.25, 0.3) is 0 Å². The number of rotatable bonds is 3. The van der Waals surface area contributed by atoms with E-state index < -0.39 is 12.0 Å². The van der Waals surface area contributed by atoms with Crippen molar-refractivity contribution >= 4 is 29.9 Å². The molecule has 2 unspecified atom stereocenters. The number of hydrogen-bond donors (Lipinski definition) is 1. The number of carbonyl (C=O) groups is 3. The van der Waals surface area contributed by atoms with E-state index in [4.69, 9.17) is 0 Å². The Kier molecular flexibility index (Phi) is 3.94. The summed E-state index contributed by atoms with van der Waals surface area (Å²) in [5.74, 6) is -0.268. The molecule has 2 atom stereocenters. The van der Waals surface area contributed by atoms with Crippen LogP contribution < -0.4 is 5.32 Å². The fourth-order valence-electron chi connectivity index (χ4n) is 1.13. The summed E-state index contributed by atoms with van der Waals surface area (Å²) in [6, 6.07) is -0.583. The standard InChI is InChI=1S/C8H11NO4S/c1-13-8(12)5-4-14-6(2-3-10)7(11)9-5/h3,5-6H,2,4H2,1H3,(H,9,11). The van der Waals surface area contributed by atoms with Crippen LogP contribution in [-0.2, 0) is 19.1 Å². The van der Waals surface area contributed by atoms with E-state index in [1.807, 2.05) is 0 Å². The highest BCUT2D eigenvalue weighted by molar-refractivity contribution is 8.00. The third-order valence-electron chi connectivity index (χ3n) is 1.87. The Morgan fingerprint density at radius 3 is 3.00 bits per heavy atom. The molecule has 1 saturated heterocycles. The first kappa shape index (κ1) is 11.0. The first-order chi connectivity index (χ1) is 6.69. The van der Waals surface area contributed by atoms with Gasteiger partial charge in [-0.2, -0.15) is 0 Å². The highest BCUT2D eigenvalue weighted by atomic mass is 32.2. The molecule has 0 bridgehead atoms. The van der Waals surface area contributed by atoms with Gasteiger partial charge in [0, 0.05) is 12.2 Å². The second-order valence-corrected chi connectivity index (χ2v) is 4.04. The number of carbonyl (C=O) groups excluding carboxylic acids is 3. The number of hydrogen-bond acceptors (Lipinski definition) is 5. The molecule has 0 spiro atoms. The van der Waals surface area contributed by atoms with Crippen LogP contribution in [0.5, 0.6) is 0 Å². The molecule has 6 heteroatoms. The van der Waals surface area contributed by atoms with Crippen LogP contribution >= 0.6 is 11.8 Å². The number of nitrogens with one attached hydrogen (secondary N) is 1. The van der Waals surface area contributed by atoms with Crippen molar-refractivity contribution in [2.24, 2.45) is 0 Å². The van der Waals surface area contributed by atoms with Gasteiger partial charge in [0.05, 0.1) is 12.4 Å². The first-order valence-electron chi connectivity index (χ1n) is 4.12. The molecule has 1 aliphatic heterocycles. The van der Waals surface area contributed by atoms with E-state index in [1.165, 1.54) is 18.9 Å². The van der Waals surface area contributed by atoms with Crippen molar-refractivity contribution in [3.63, 3.8) is 0 Å². The summed E-state index contributed by atoms with van der Waals surface area (Å²) in [5, 5.41) is 2.14. The van der Waals surface area contributed by atoms with Crippen LogP contribution in [0.3, 0.4) is 0 Å². The molecule has 5 nitrogen and oxygen atoms in total. The molecule has 0 aromatic carbocycles. The predicted octanol–water partition coefficient (Wildman–Crippen LogP) is -0.651. The predicted molar refractivity (Wildman–Crippen MR) is 50.9 cm³/mol. The summed E-state index contributed by atoms with van der Waals surface area (Å²) in [4.78, 5) is 32.6. The Hall–Kier alpha value is -1.04. The summed E-state index contributed by atoms with van der Waals surface area (Å²) in [7, 11) is 1.27. The van der Waals surface area contributed by atoms with Crippen LogP contribution in [0, 0.1) is 0 Å². The molecule has 1 fully saturated rings. The summed E-state index contributed by atoms with van der Waals surface area (Å²) < 4.78 is 4.50. The van der Waals surface area contributed by atoms with E-state index in [2.05, 4.69) is 10.1 Å². The Labute approximate surface area is 85.6 Å². The van der Waals surface area contributed by atoms with Crippen LogP contribution in [0.1, 0.15) is 6.42 Å². The molecular weight excluding hydrogens is 206 g/mol. The zero-order valence-electron chi connectivity index (χ0n) is 7.69. The largest absolute Gasteiger partial charge is 0.467 e. The lowest BCUT2D eigenvalue weighted by Gasteiger charge is -2.25. The second-order valence-electron chi connectivity index (χ2n) is 2.81. The topological polar surface area (TPSA) is 72.5 Å². The van der Waals surface area contributed by atoms with E-state index in [0.717, 1.165) is 0 Å². The number of esters is 1. The molecule has 1 N–H and O–H groups in total. The summed E-state index contributed by atoms with van der Waals surface area (Å²) in [6.07, 6.45) is 0.889. The van der Waals surface area contributed by atoms with Crippen molar-refractivity contribution in [3.05, 3.63) is 0 Å². The molecule has 0 aliphatic carbocycles. The molecule has 1 aliphatic rings. The maximum absolute atomic E-state index is 11.3. The van der Waals surface area contributed by atoms with Crippen molar-refractivity contribution in [3.8, 4) is 0 Å². The number of methoxy groups -OCH3 is 1. The lowest BCUT2D eigenvalue weighted by atomic mass is 10.2. The fraction of sp³-hybridized carbons (Fsp3) is 0.625. The SMILES string of the molecule is COC(=O)C1CSC(CC=O)C(=O)N1. The molecule has 0 aromatic heterocycles. The minimum atomic E-state index is -0.583. The Balaban J connectivity index is 2.50. The highest BCUT2D eigenvalue weighted by Crippen LogP contribution is 2.20. The maximum Gasteiger partial charge on any atom is 0.329 e. The lowest BCUT2D eigenvalue weighted by Crippen LogP contribution is -2.51. The Bertz CT molecular complexity index is 256. The molecule has 1 rings (SSSR count). The number of ether oxygens (including phenoxy) is 1. The third kappa shape index (κ3) is 2.47. The maximum atomic E-state index is 11.3. The van der Waals surface area contributed by atoms with Crippen molar-refractivity contribution in [1.82, 2.24) is 5.32 Å². The minimum Gasteiger partial charge on any atom is -0.467 e. The zero-order valence-corrected chi connectivity index (χ0v) is 8.50. The molecule has 0 radical (unpaired) electrons. The van der Waals surface area contributed by atoms with Gasteiger partial charge in [-0.3, -0.25) is 4.79 Å². The quantitative estimate of drug-likeness (QED) is 0.502. The van der Waals surface area contributed by atoms with Crippen LogP contribution in [0.2, 0.25) is 0 Å². The average molecular weight is 217 g/mol. The first-order valence-corrected chi connectivity index (χ1v) is 5.17. The van der Waals surface area contributed by atoms with Gasteiger partial charge in [0.15, 0.2) is 0 Å². The van der Waals surface area contributed by atoms with Crippen molar-refractivity contribution in [2.75, 3.05) is 12.9 Å². The van der Waals surface area contributed by atoms with Gasteiger partial charge in [0.1, 0.15) is 12.3 Å². The van der Waals surface area contributed by atoms with Crippen LogP contribution in [0.15, 0.2) is 0 Å². The molecule has 78 valence electrons. The fourth-order valence-corrected chi connectivity index (χ4v) is 2.20. The van der Waals surface area contributed by atoms with Crippen molar-refractivity contribution in [1.29, 1.82) is 0 Å². The number of aldehydes is 1.